The number of benzene rings is 1. The van der Waals surface area contributed by atoms with E-state index in [1.165, 1.54) is 6.07 Å². The van der Waals surface area contributed by atoms with Crippen LogP contribution in [0.15, 0.2) is 78.9 Å². The number of rotatable bonds is 1. The van der Waals surface area contributed by atoms with E-state index in [1.807, 2.05) is 60.7 Å². The maximum absolute atomic E-state index is 13.0. The van der Waals surface area contributed by atoms with Gasteiger partial charge in [0.15, 0.2) is 0 Å². The number of hydrogen-bond donors (Lipinski definition) is 0. The molecule has 0 fully saturated rings. The minimum Gasteiger partial charge on any atom is -0.225 e. The molecule has 3 aromatic carbocycles. The van der Waals surface area contributed by atoms with E-state index in [0.717, 1.165) is 5.56 Å². The largest absolute Gasteiger partial charge is 2.00 e. The van der Waals surface area contributed by atoms with E-state index < -0.39 is 0 Å². The third-order valence-electron chi connectivity index (χ3n) is 2.40. The third-order valence-corrected chi connectivity index (χ3v) is 2.40. The molecule has 2 heteroatoms. The van der Waals surface area contributed by atoms with E-state index >= 15 is 0 Å². The Morgan fingerprint density at radius 3 is 1.94 bits per heavy atom. The Bertz CT molecular complexity index is 506. The molecule has 0 amide bonds. The molecule has 0 heterocycles. The standard InChI is InChI=1S/C11H8F.C5H5.Fe/c12-11-8-4-7-10(11)9-5-2-1-3-6-9;1-2-4-5-3-1;/h1-8H;1-5H;/q2*-1;+2. The minimum atomic E-state index is -0.152. The summed E-state index contributed by atoms with van der Waals surface area (Å²) >= 11 is 0. The quantitative estimate of drug-likeness (QED) is 0.451. The van der Waals surface area contributed by atoms with Crippen molar-refractivity contribution in [3.8, 4) is 11.1 Å². The molecule has 0 aliphatic rings. The summed E-state index contributed by atoms with van der Waals surface area (Å²) in [6.07, 6.45) is 0. The molecule has 0 saturated carbocycles. The zero-order valence-corrected chi connectivity index (χ0v) is 10.8. The zero-order valence-electron chi connectivity index (χ0n) is 9.74. The van der Waals surface area contributed by atoms with Crippen LogP contribution in [0.25, 0.3) is 11.1 Å². The normalized spacial score (nSPS) is 8.94. The first-order chi connectivity index (χ1) is 8.38. The zero-order chi connectivity index (χ0) is 11.9. The Hall–Kier alpha value is -1.63. The van der Waals surface area contributed by atoms with Crippen molar-refractivity contribution in [1.82, 2.24) is 0 Å². The molecule has 0 radical (unpaired) electrons. The number of hydrogen-bond acceptors (Lipinski definition) is 0. The van der Waals surface area contributed by atoms with Crippen molar-refractivity contribution in [2.45, 2.75) is 0 Å². The second-order valence-corrected chi connectivity index (χ2v) is 3.62. The van der Waals surface area contributed by atoms with Gasteiger partial charge in [-0.15, -0.1) is 35.9 Å². The Morgan fingerprint density at radius 1 is 0.833 bits per heavy atom. The van der Waals surface area contributed by atoms with Crippen LogP contribution in [0.4, 0.5) is 4.39 Å². The van der Waals surface area contributed by atoms with Crippen LogP contribution in [-0.4, -0.2) is 0 Å². The predicted molar refractivity (Wildman–Crippen MR) is 69.5 cm³/mol. The van der Waals surface area contributed by atoms with Crippen molar-refractivity contribution in [1.29, 1.82) is 0 Å². The van der Waals surface area contributed by atoms with Gasteiger partial charge in [0.05, 0.1) is 5.82 Å². The molecule has 18 heavy (non-hydrogen) atoms. The molecule has 0 aromatic heterocycles. The average molecular weight is 280 g/mol. The van der Waals surface area contributed by atoms with Gasteiger partial charge in [0, 0.05) is 0 Å². The van der Waals surface area contributed by atoms with E-state index in [1.54, 1.807) is 12.1 Å². The monoisotopic (exact) mass is 280 g/mol. The maximum Gasteiger partial charge on any atom is 2.00 e. The van der Waals surface area contributed by atoms with Crippen LogP contribution in [0.3, 0.4) is 0 Å². The van der Waals surface area contributed by atoms with Crippen molar-refractivity contribution in [2.75, 3.05) is 0 Å². The van der Waals surface area contributed by atoms with Crippen LogP contribution >= 0.6 is 0 Å². The van der Waals surface area contributed by atoms with E-state index in [2.05, 4.69) is 0 Å². The molecular weight excluding hydrogens is 267 g/mol. The Balaban J connectivity index is 0.000000230. The van der Waals surface area contributed by atoms with Crippen molar-refractivity contribution in [3.05, 3.63) is 84.7 Å². The van der Waals surface area contributed by atoms with Gasteiger partial charge in [-0.2, -0.15) is 18.2 Å². The smallest absolute Gasteiger partial charge is 0.225 e. The first-order valence-electron chi connectivity index (χ1n) is 5.51. The minimum absolute atomic E-state index is 0. The van der Waals surface area contributed by atoms with Crippen molar-refractivity contribution in [3.63, 3.8) is 0 Å². The molecule has 0 bridgehead atoms. The average Bonchev–Trinajstić information content (AvgIpc) is 3.03. The van der Waals surface area contributed by atoms with Crippen LogP contribution < -0.4 is 0 Å². The van der Waals surface area contributed by atoms with Crippen LogP contribution in [0, 0.1) is 5.82 Å². The summed E-state index contributed by atoms with van der Waals surface area (Å²) in [6, 6.07) is 24.5. The summed E-state index contributed by atoms with van der Waals surface area (Å²) in [7, 11) is 0. The summed E-state index contributed by atoms with van der Waals surface area (Å²) in [5.41, 5.74) is 1.61. The van der Waals surface area contributed by atoms with Gasteiger partial charge >= 0.3 is 17.1 Å². The molecular formula is C16H13FFe. The summed E-state index contributed by atoms with van der Waals surface area (Å²) in [5.74, 6) is -0.152. The van der Waals surface area contributed by atoms with Gasteiger partial charge in [-0.1, -0.05) is 23.8 Å². The molecule has 3 rings (SSSR count). The van der Waals surface area contributed by atoms with Crippen molar-refractivity contribution < 1.29 is 21.5 Å². The Morgan fingerprint density at radius 2 is 1.50 bits per heavy atom. The van der Waals surface area contributed by atoms with E-state index in [4.69, 9.17) is 0 Å². The maximum atomic E-state index is 13.0. The van der Waals surface area contributed by atoms with Gasteiger partial charge < -0.3 is 0 Å². The van der Waals surface area contributed by atoms with Gasteiger partial charge in [0.25, 0.3) is 0 Å². The third kappa shape index (κ3) is 3.99. The molecule has 0 atom stereocenters. The Labute approximate surface area is 117 Å². The second kappa shape index (κ2) is 7.65. The summed E-state index contributed by atoms with van der Waals surface area (Å²) < 4.78 is 13.0. The first kappa shape index (κ1) is 14.4. The number of halogens is 1. The summed E-state index contributed by atoms with van der Waals surface area (Å²) in [4.78, 5) is 0. The summed E-state index contributed by atoms with van der Waals surface area (Å²) in [6.45, 7) is 0. The van der Waals surface area contributed by atoms with Crippen molar-refractivity contribution in [2.24, 2.45) is 0 Å². The molecule has 0 aliphatic carbocycles. The molecule has 0 unspecified atom stereocenters. The van der Waals surface area contributed by atoms with E-state index in [9.17, 15) is 4.39 Å². The predicted octanol–water partition coefficient (Wildman–Crippen LogP) is 4.61. The first-order valence-corrected chi connectivity index (χ1v) is 5.51. The molecule has 0 aliphatic heterocycles. The van der Waals surface area contributed by atoms with Gasteiger partial charge in [0.1, 0.15) is 0 Å². The Kier molecular flexibility index (Phi) is 6.13. The van der Waals surface area contributed by atoms with Gasteiger partial charge in [-0.05, 0) is 0 Å². The SMILES string of the molecule is Fc1ccc[c-]1-c1ccccc1.[Fe+2].c1cc[cH-]c1. The second-order valence-electron chi connectivity index (χ2n) is 3.62. The van der Waals surface area contributed by atoms with Gasteiger partial charge in [-0.3, -0.25) is 0 Å². The molecule has 0 saturated heterocycles. The fourth-order valence-corrected chi connectivity index (χ4v) is 1.57. The van der Waals surface area contributed by atoms with Crippen molar-refractivity contribution >= 4 is 0 Å². The van der Waals surface area contributed by atoms with Gasteiger partial charge in [-0.25, -0.2) is 16.5 Å². The topological polar surface area (TPSA) is 0 Å². The van der Waals surface area contributed by atoms with E-state index in [-0.39, 0.29) is 22.9 Å². The van der Waals surface area contributed by atoms with Crippen LogP contribution in [0.2, 0.25) is 0 Å². The fraction of sp³-hybridized carbons (Fsp3) is 0. The van der Waals surface area contributed by atoms with E-state index in [0.29, 0.717) is 5.56 Å². The molecule has 3 aromatic rings. The van der Waals surface area contributed by atoms with Crippen LogP contribution in [0.1, 0.15) is 0 Å². The molecule has 0 N–H and O–H groups in total. The van der Waals surface area contributed by atoms with Crippen LogP contribution in [-0.2, 0) is 17.1 Å². The summed E-state index contributed by atoms with van der Waals surface area (Å²) in [5, 5.41) is 0. The molecule has 92 valence electrons. The molecule has 0 nitrogen and oxygen atoms in total. The van der Waals surface area contributed by atoms with Gasteiger partial charge in [0.2, 0.25) is 0 Å². The molecule has 0 spiro atoms. The fourth-order valence-electron chi connectivity index (χ4n) is 1.57. The van der Waals surface area contributed by atoms with Crippen LogP contribution in [0.5, 0.6) is 0 Å².